The zero-order chi connectivity index (χ0) is 22.9. The molecule has 2 aromatic rings. The summed E-state index contributed by atoms with van der Waals surface area (Å²) < 4.78 is 54.9. The molecule has 1 amide bonds. The van der Waals surface area contributed by atoms with E-state index in [1.165, 1.54) is 18.2 Å². The van der Waals surface area contributed by atoms with Crippen LogP contribution in [0.25, 0.3) is 11.1 Å². The van der Waals surface area contributed by atoms with E-state index in [1.807, 2.05) is 18.2 Å². The quantitative estimate of drug-likeness (QED) is 0.706. The smallest absolute Gasteiger partial charge is 0.227 e. The Morgan fingerprint density at radius 2 is 1.78 bits per heavy atom. The van der Waals surface area contributed by atoms with Crippen molar-refractivity contribution in [3.63, 3.8) is 0 Å². The fourth-order valence-corrected chi connectivity index (χ4v) is 5.29. The highest BCUT2D eigenvalue weighted by Crippen LogP contribution is 2.42. The molecule has 0 bridgehead atoms. The number of hydrogen-bond acceptors (Lipinski definition) is 3. The highest BCUT2D eigenvalue weighted by atomic mass is 32.2. The van der Waals surface area contributed by atoms with Gasteiger partial charge in [0, 0.05) is 19.1 Å². The maximum absolute atomic E-state index is 14.6. The molecule has 1 heterocycles. The highest BCUT2D eigenvalue weighted by molar-refractivity contribution is 7.88. The first-order chi connectivity index (χ1) is 15.2. The molecule has 172 valence electrons. The number of sulfonamides is 1. The second kappa shape index (κ2) is 9.27. The lowest BCUT2D eigenvalue weighted by Crippen LogP contribution is -2.36. The molecule has 1 aliphatic carbocycles. The van der Waals surface area contributed by atoms with E-state index in [0.29, 0.717) is 49.4 Å². The average molecular weight is 463 g/mol. The minimum atomic E-state index is -3.30. The molecule has 8 heteroatoms. The minimum Gasteiger partial charge on any atom is -0.342 e. The summed E-state index contributed by atoms with van der Waals surface area (Å²) >= 11 is 0. The van der Waals surface area contributed by atoms with Crippen LogP contribution < -0.4 is 4.72 Å². The lowest BCUT2D eigenvalue weighted by Gasteiger charge is -2.22. The van der Waals surface area contributed by atoms with Crippen molar-refractivity contribution in [1.29, 1.82) is 0 Å². The Hall–Kier alpha value is -2.32. The maximum Gasteiger partial charge on any atom is 0.227 e. The van der Waals surface area contributed by atoms with Gasteiger partial charge in [-0.15, -0.1) is 0 Å². The third-order valence-corrected chi connectivity index (χ3v) is 6.98. The summed E-state index contributed by atoms with van der Waals surface area (Å²) in [4.78, 5) is 14.8. The number of carbonyl (C=O) groups is 1. The number of halogens is 2. The molecule has 0 radical (unpaired) electrons. The van der Waals surface area contributed by atoms with Crippen LogP contribution >= 0.6 is 0 Å². The van der Waals surface area contributed by atoms with Crippen molar-refractivity contribution in [1.82, 2.24) is 9.62 Å². The van der Waals surface area contributed by atoms with Gasteiger partial charge in [0.1, 0.15) is 11.6 Å². The van der Waals surface area contributed by atoms with Crippen LogP contribution in [0.15, 0.2) is 36.4 Å². The molecule has 1 saturated carbocycles. The van der Waals surface area contributed by atoms with Crippen LogP contribution in [0, 0.1) is 11.6 Å². The van der Waals surface area contributed by atoms with Gasteiger partial charge in [-0.25, -0.2) is 21.9 Å². The molecule has 0 unspecified atom stereocenters. The Kier molecular flexibility index (Phi) is 6.62. The van der Waals surface area contributed by atoms with Crippen molar-refractivity contribution in [2.75, 3.05) is 19.3 Å². The molecule has 2 aliphatic rings. The maximum atomic E-state index is 14.6. The van der Waals surface area contributed by atoms with E-state index in [-0.39, 0.29) is 23.9 Å². The summed E-state index contributed by atoms with van der Waals surface area (Å²) in [6.07, 6.45) is 5.19. The Labute approximate surface area is 187 Å². The summed E-state index contributed by atoms with van der Waals surface area (Å²) in [7, 11) is -3.30. The molecule has 0 aromatic heterocycles. The second-order valence-corrected chi connectivity index (χ2v) is 10.6. The van der Waals surface area contributed by atoms with E-state index in [1.54, 1.807) is 4.90 Å². The van der Waals surface area contributed by atoms with Gasteiger partial charge in [0.2, 0.25) is 15.9 Å². The summed E-state index contributed by atoms with van der Waals surface area (Å²) in [5, 5.41) is 0. The lowest BCUT2D eigenvalue weighted by atomic mass is 9.93. The van der Waals surface area contributed by atoms with Gasteiger partial charge >= 0.3 is 0 Å². The highest BCUT2D eigenvalue weighted by Gasteiger charge is 2.27. The van der Waals surface area contributed by atoms with E-state index in [0.717, 1.165) is 24.7 Å². The molecular formula is C24H28F2N2O3S. The molecule has 5 nitrogen and oxygen atoms in total. The fraction of sp³-hybridized carbons (Fsp3) is 0.458. The summed E-state index contributed by atoms with van der Waals surface area (Å²) in [6.45, 7) is 0.972. The first-order valence-electron chi connectivity index (χ1n) is 11.0. The van der Waals surface area contributed by atoms with Gasteiger partial charge < -0.3 is 4.90 Å². The van der Waals surface area contributed by atoms with E-state index >= 15 is 0 Å². The van der Waals surface area contributed by atoms with E-state index < -0.39 is 21.7 Å². The van der Waals surface area contributed by atoms with Crippen LogP contribution in [0.2, 0.25) is 0 Å². The number of rotatable bonds is 6. The number of likely N-dealkylation sites (tertiary alicyclic amines) is 1. The van der Waals surface area contributed by atoms with Gasteiger partial charge in [0.25, 0.3) is 0 Å². The van der Waals surface area contributed by atoms with E-state index in [2.05, 4.69) is 4.72 Å². The first kappa shape index (κ1) is 22.9. The number of nitrogens with zero attached hydrogens (tertiary/aromatic N) is 1. The molecule has 32 heavy (non-hydrogen) atoms. The van der Waals surface area contributed by atoms with Crippen molar-refractivity contribution in [2.45, 2.75) is 50.5 Å². The van der Waals surface area contributed by atoms with Crippen LogP contribution in [0.3, 0.4) is 0 Å². The molecule has 0 spiro atoms. The van der Waals surface area contributed by atoms with Gasteiger partial charge in [-0.05, 0) is 66.8 Å². The number of nitrogens with one attached hydrogen (secondary N) is 1. The molecule has 4 rings (SSSR count). The van der Waals surface area contributed by atoms with Crippen molar-refractivity contribution >= 4 is 15.9 Å². The van der Waals surface area contributed by atoms with Crippen LogP contribution in [-0.4, -0.2) is 44.6 Å². The third kappa shape index (κ3) is 5.53. The normalized spacial score (nSPS) is 19.6. The second-order valence-electron chi connectivity index (χ2n) is 8.86. The fourth-order valence-electron chi connectivity index (χ4n) is 4.45. The van der Waals surface area contributed by atoms with Gasteiger partial charge in [0.05, 0.1) is 18.2 Å². The predicted octanol–water partition coefficient (Wildman–Crippen LogP) is 3.98. The monoisotopic (exact) mass is 462 g/mol. The summed E-state index contributed by atoms with van der Waals surface area (Å²) in [6, 6.07) is 9.21. The molecule has 1 saturated heterocycles. The molecular weight excluding hydrogens is 434 g/mol. The van der Waals surface area contributed by atoms with E-state index in [4.69, 9.17) is 0 Å². The molecule has 1 aliphatic heterocycles. The molecule has 1 N–H and O–H groups in total. The van der Waals surface area contributed by atoms with Crippen molar-refractivity contribution < 1.29 is 22.0 Å². The first-order valence-corrected chi connectivity index (χ1v) is 12.9. The van der Waals surface area contributed by atoms with Crippen LogP contribution in [0.5, 0.6) is 0 Å². The number of carbonyl (C=O) groups excluding carboxylic acids is 1. The van der Waals surface area contributed by atoms with E-state index in [9.17, 15) is 22.0 Å². The zero-order valence-corrected chi connectivity index (χ0v) is 18.9. The number of amides is 1. The summed E-state index contributed by atoms with van der Waals surface area (Å²) in [5.74, 6) is -0.993. The van der Waals surface area contributed by atoms with Crippen molar-refractivity contribution in [3.05, 3.63) is 59.2 Å². The number of hydrogen-bond donors (Lipinski definition) is 1. The predicted molar refractivity (Wildman–Crippen MR) is 120 cm³/mol. The summed E-state index contributed by atoms with van der Waals surface area (Å²) in [5.41, 5.74) is 1.98. The molecule has 1 atom stereocenters. The molecule has 2 aromatic carbocycles. The standard InChI is InChI=1S/C24H28F2N2O3S/c1-32(30,31)27-19-4-3-12-28(13-11-19)23(29)15-18-10-9-17(16-7-8-16)14-20(18)24-21(25)5-2-6-22(24)26/h2,5-6,9-10,14,16,19,27H,3-4,7-8,11-13,15H2,1H3/t19-/m0/s1. The van der Waals surface area contributed by atoms with Crippen LogP contribution in [0.4, 0.5) is 8.78 Å². The third-order valence-electron chi connectivity index (χ3n) is 6.22. The van der Waals surface area contributed by atoms with Crippen molar-refractivity contribution in [3.8, 4) is 11.1 Å². The SMILES string of the molecule is CS(=O)(=O)N[C@H]1CCCN(C(=O)Cc2ccc(C3CC3)cc2-c2c(F)cccc2F)CC1. The molecule has 2 fully saturated rings. The average Bonchev–Trinajstić information content (AvgIpc) is 3.55. The van der Waals surface area contributed by atoms with Crippen molar-refractivity contribution in [2.24, 2.45) is 0 Å². The van der Waals surface area contributed by atoms with Gasteiger partial charge in [0.15, 0.2) is 0 Å². The van der Waals surface area contributed by atoms with Gasteiger partial charge in [-0.2, -0.15) is 0 Å². The van der Waals surface area contributed by atoms with Gasteiger partial charge in [-0.1, -0.05) is 24.3 Å². The zero-order valence-electron chi connectivity index (χ0n) is 18.1. The minimum absolute atomic E-state index is 0.0399. The van der Waals surface area contributed by atoms with Crippen LogP contribution in [-0.2, 0) is 21.2 Å². The Bertz CT molecular complexity index is 1100. The largest absolute Gasteiger partial charge is 0.342 e. The Morgan fingerprint density at radius 1 is 1.06 bits per heavy atom. The Balaban J connectivity index is 1.56. The van der Waals surface area contributed by atoms with Gasteiger partial charge in [-0.3, -0.25) is 4.79 Å². The Morgan fingerprint density at radius 3 is 2.44 bits per heavy atom. The number of benzene rings is 2. The lowest BCUT2D eigenvalue weighted by molar-refractivity contribution is -0.130. The topological polar surface area (TPSA) is 66.5 Å². The van der Waals surface area contributed by atoms with Crippen LogP contribution in [0.1, 0.15) is 49.1 Å².